The number of methoxy groups -OCH3 is 2. The monoisotopic (exact) mass is 245 g/mol. The van der Waals surface area contributed by atoms with Crippen molar-refractivity contribution < 1.29 is 28.5 Å². The third-order valence-electron chi connectivity index (χ3n) is 2.89. The molecule has 96 valence electrons. The number of morpholine rings is 1. The molecule has 2 heterocycles. The zero-order valence-electron chi connectivity index (χ0n) is 9.67. The van der Waals surface area contributed by atoms with Crippen LogP contribution in [0.15, 0.2) is 0 Å². The smallest absolute Gasteiger partial charge is 0.326 e. The molecule has 4 atom stereocenters. The Labute approximate surface area is 98.3 Å². The quantitative estimate of drug-likeness (QED) is 0.625. The molecule has 2 aliphatic heterocycles. The van der Waals surface area contributed by atoms with Crippen LogP contribution in [-0.2, 0) is 28.5 Å². The highest BCUT2D eigenvalue weighted by atomic mass is 16.7. The molecule has 0 aromatic heterocycles. The number of carbonyl (C=O) groups excluding carboxylic acids is 2. The zero-order chi connectivity index (χ0) is 12.4. The van der Waals surface area contributed by atoms with Crippen LogP contribution >= 0.6 is 0 Å². The molecule has 0 aliphatic carbocycles. The minimum Gasteiger partial charge on any atom is -0.469 e. The van der Waals surface area contributed by atoms with Crippen molar-refractivity contribution in [1.82, 2.24) is 5.32 Å². The van der Waals surface area contributed by atoms with E-state index in [0.717, 1.165) is 0 Å². The van der Waals surface area contributed by atoms with Crippen LogP contribution in [0.4, 0.5) is 0 Å². The van der Waals surface area contributed by atoms with Gasteiger partial charge in [0.05, 0.1) is 19.6 Å². The van der Waals surface area contributed by atoms with Gasteiger partial charge < -0.3 is 18.9 Å². The maximum absolute atomic E-state index is 11.4. The predicted octanol–water partition coefficient (Wildman–Crippen LogP) is -1.20. The number of esters is 2. The van der Waals surface area contributed by atoms with Gasteiger partial charge in [0.15, 0.2) is 6.29 Å². The van der Waals surface area contributed by atoms with E-state index in [4.69, 9.17) is 14.2 Å². The summed E-state index contributed by atoms with van der Waals surface area (Å²) in [4.78, 5) is 22.6. The number of hydrogen-bond acceptors (Lipinski definition) is 7. The topological polar surface area (TPSA) is 83.1 Å². The van der Waals surface area contributed by atoms with Crippen LogP contribution in [0, 0.1) is 0 Å². The summed E-state index contributed by atoms with van der Waals surface area (Å²) in [5.74, 6) is -0.752. The second-order valence-corrected chi connectivity index (χ2v) is 3.94. The Morgan fingerprint density at radius 1 is 1.53 bits per heavy atom. The van der Waals surface area contributed by atoms with E-state index in [1.165, 1.54) is 14.2 Å². The summed E-state index contributed by atoms with van der Waals surface area (Å²) >= 11 is 0. The molecular formula is C10H15NO6. The van der Waals surface area contributed by atoms with Crippen LogP contribution in [0.5, 0.6) is 0 Å². The van der Waals surface area contributed by atoms with Gasteiger partial charge in [-0.2, -0.15) is 0 Å². The van der Waals surface area contributed by atoms with Crippen molar-refractivity contribution >= 4 is 11.9 Å². The molecule has 0 bridgehead atoms. The van der Waals surface area contributed by atoms with Crippen molar-refractivity contribution in [1.29, 1.82) is 0 Å². The van der Waals surface area contributed by atoms with Crippen molar-refractivity contribution in [3.63, 3.8) is 0 Å². The van der Waals surface area contributed by atoms with E-state index in [0.29, 0.717) is 0 Å². The van der Waals surface area contributed by atoms with Gasteiger partial charge in [-0.15, -0.1) is 0 Å². The van der Waals surface area contributed by atoms with Gasteiger partial charge in [-0.1, -0.05) is 0 Å². The molecule has 2 rings (SSSR count). The highest BCUT2D eigenvalue weighted by Crippen LogP contribution is 2.23. The SMILES string of the molecule is COC(=O)CC1N[C@H]2C(=O)OCC2O[C@@H]1OC. The Hall–Kier alpha value is -1.18. The number of fused-ring (bicyclic) bond motifs is 1. The molecule has 1 N–H and O–H groups in total. The molecule has 0 aromatic carbocycles. The Morgan fingerprint density at radius 3 is 2.94 bits per heavy atom. The summed E-state index contributed by atoms with van der Waals surface area (Å²) in [6.07, 6.45) is -0.878. The van der Waals surface area contributed by atoms with Crippen molar-refractivity contribution in [3.05, 3.63) is 0 Å². The minimum absolute atomic E-state index is 0.0749. The molecule has 0 radical (unpaired) electrons. The molecule has 7 nitrogen and oxygen atoms in total. The molecular weight excluding hydrogens is 230 g/mol. The number of carbonyl (C=O) groups is 2. The van der Waals surface area contributed by atoms with Gasteiger partial charge in [-0.25, -0.2) is 0 Å². The fourth-order valence-electron chi connectivity index (χ4n) is 2.01. The number of nitrogens with one attached hydrogen (secondary N) is 1. The normalized spacial score (nSPS) is 36.2. The van der Waals surface area contributed by atoms with E-state index in [2.05, 4.69) is 10.1 Å². The van der Waals surface area contributed by atoms with Crippen LogP contribution in [-0.4, -0.2) is 57.2 Å². The third kappa shape index (κ3) is 2.41. The van der Waals surface area contributed by atoms with Crippen LogP contribution in [0.2, 0.25) is 0 Å². The molecule has 2 aliphatic rings. The van der Waals surface area contributed by atoms with E-state index in [1.54, 1.807) is 0 Å². The summed E-state index contributed by atoms with van der Waals surface area (Å²) < 4.78 is 20.1. The van der Waals surface area contributed by atoms with Crippen molar-refractivity contribution in [2.24, 2.45) is 0 Å². The molecule has 2 fully saturated rings. The van der Waals surface area contributed by atoms with Crippen LogP contribution < -0.4 is 5.32 Å². The fraction of sp³-hybridized carbons (Fsp3) is 0.800. The van der Waals surface area contributed by atoms with E-state index in [-0.39, 0.29) is 25.1 Å². The number of ether oxygens (including phenoxy) is 4. The van der Waals surface area contributed by atoms with Gasteiger partial charge in [-0.3, -0.25) is 14.9 Å². The van der Waals surface area contributed by atoms with Crippen LogP contribution in [0.3, 0.4) is 0 Å². The number of hydrogen-bond donors (Lipinski definition) is 1. The van der Waals surface area contributed by atoms with Gasteiger partial charge in [-0.05, 0) is 0 Å². The Bertz CT molecular complexity index is 320. The van der Waals surface area contributed by atoms with E-state index < -0.39 is 24.3 Å². The van der Waals surface area contributed by atoms with Gasteiger partial charge >= 0.3 is 11.9 Å². The first-order chi connectivity index (χ1) is 8.15. The minimum atomic E-state index is -0.593. The molecule has 0 saturated carbocycles. The second kappa shape index (κ2) is 4.99. The molecule has 0 aromatic rings. The summed E-state index contributed by atoms with van der Waals surface area (Å²) in [5.41, 5.74) is 0. The van der Waals surface area contributed by atoms with Crippen molar-refractivity contribution in [2.45, 2.75) is 30.9 Å². The predicted molar refractivity (Wildman–Crippen MR) is 54.0 cm³/mol. The lowest BCUT2D eigenvalue weighted by Crippen LogP contribution is -2.60. The van der Waals surface area contributed by atoms with Gasteiger partial charge in [0.2, 0.25) is 0 Å². The Kier molecular flexibility index (Phi) is 3.60. The van der Waals surface area contributed by atoms with Crippen molar-refractivity contribution in [2.75, 3.05) is 20.8 Å². The lowest BCUT2D eigenvalue weighted by Gasteiger charge is -2.36. The standard InChI is InChI=1S/C10H15NO6/c1-14-7(12)3-5-10(15-2)17-6-4-16-9(13)8(6)11-5/h5-6,8,10-11H,3-4H2,1-2H3/t5?,6?,8-,10+/m1/s1. The fourth-order valence-corrected chi connectivity index (χ4v) is 2.01. The van der Waals surface area contributed by atoms with Crippen molar-refractivity contribution in [3.8, 4) is 0 Å². The zero-order valence-corrected chi connectivity index (χ0v) is 9.67. The first-order valence-corrected chi connectivity index (χ1v) is 5.33. The molecule has 7 heteroatoms. The molecule has 0 amide bonds. The highest BCUT2D eigenvalue weighted by Gasteiger charge is 2.47. The van der Waals surface area contributed by atoms with E-state index in [9.17, 15) is 9.59 Å². The Morgan fingerprint density at radius 2 is 2.29 bits per heavy atom. The third-order valence-corrected chi connectivity index (χ3v) is 2.89. The van der Waals surface area contributed by atoms with E-state index in [1.807, 2.05) is 0 Å². The largest absolute Gasteiger partial charge is 0.469 e. The van der Waals surface area contributed by atoms with Gasteiger partial charge in [0.1, 0.15) is 18.8 Å². The lowest BCUT2D eigenvalue weighted by molar-refractivity contribution is -0.201. The maximum atomic E-state index is 11.4. The average Bonchev–Trinajstić information content (AvgIpc) is 2.69. The molecule has 2 unspecified atom stereocenters. The van der Waals surface area contributed by atoms with Crippen LogP contribution in [0.1, 0.15) is 6.42 Å². The molecule has 0 spiro atoms. The Balaban J connectivity index is 2.03. The molecule has 17 heavy (non-hydrogen) atoms. The highest BCUT2D eigenvalue weighted by molar-refractivity contribution is 5.79. The van der Waals surface area contributed by atoms with Crippen LogP contribution in [0.25, 0.3) is 0 Å². The first kappa shape index (κ1) is 12.3. The summed E-state index contributed by atoms with van der Waals surface area (Å²) in [7, 11) is 2.79. The summed E-state index contributed by atoms with van der Waals surface area (Å²) in [5, 5.41) is 3.01. The summed E-state index contributed by atoms with van der Waals surface area (Å²) in [6, 6.07) is -0.949. The van der Waals surface area contributed by atoms with Gasteiger partial charge in [0, 0.05) is 7.11 Å². The number of rotatable bonds is 3. The maximum Gasteiger partial charge on any atom is 0.326 e. The summed E-state index contributed by atoms with van der Waals surface area (Å²) in [6.45, 7) is 0.210. The van der Waals surface area contributed by atoms with E-state index >= 15 is 0 Å². The lowest BCUT2D eigenvalue weighted by atomic mass is 10.1. The molecule has 2 saturated heterocycles. The number of cyclic esters (lactones) is 1. The second-order valence-electron chi connectivity index (χ2n) is 3.94. The first-order valence-electron chi connectivity index (χ1n) is 5.33. The van der Waals surface area contributed by atoms with Gasteiger partial charge in [0.25, 0.3) is 0 Å². The average molecular weight is 245 g/mol.